The van der Waals surface area contributed by atoms with Crippen molar-refractivity contribution in [3.63, 3.8) is 0 Å². The second-order valence-electron chi connectivity index (χ2n) is 3.98. The summed E-state index contributed by atoms with van der Waals surface area (Å²) >= 11 is 0. The summed E-state index contributed by atoms with van der Waals surface area (Å²) in [6.07, 6.45) is 10.2. The summed E-state index contributed by atoms with van der Waals surface area (Å²) in [5, 5.41) is 6.09. The second-order valence-corrected chi connectivity index (χ2v) is 3.98. The normalized spacial score (nSPS) is 11.8. The number of carbonyl (C=O) groups excluding carboxylic acids is 1. The van der Waals surface area contributed by atoms with Gasteiger partial charge in [0, 0.05) is 13.0 Å². The van der Waals surface area contributed by atoms with E-state index in [1.165, 1.54) is 0 Å². The molecule has 0 aromatic rings. The molecule has 0 aliphatic carbocycles. The number of carbonyl (C=O) groups is 1. The molecule has 0 aliphatic rings. The molecule has 16 heavy (non-hydrogen) atoms. The molecule has 0 rings (SSSR count). The Hall–Kier alpha value is -1.01. The molecule has 3 heteroatoms. The summed E-state index contributed by atoms with van der Waals surface area (Å²) in [6, 6.07) is -0.109. The minimum atomic E-state index is -0.109. The van der Waals surface area contributed by atoms with Gasteiger partial charge in [-0.1, -0.05) is 13.3 Å². The highest BCUT2D eigenvalue weighted by Crippen LogP contribution is 1.93. The van der Waals surface area contributed by atoms with Crippen molar-refractivity contribution in [2.75, 3.05) is 13.1 Å². The van der Waals surface area contributed by atoms with E-state index < -0.39 is 0 Å². The third-order valence-corrected chi connectivity index (χ3v) is 2.42. The lowest BCUT2D eigenvalue weighted by molar-refractivity contribution is -0.122. The van der Waals surface area contributed by atoms with Gasteiger partial charge in [-0.3, -0.25) is 4.79 Å². The summed E-state index contributed by atoms with van der Waals surface area (Å²) in [7, 11) is 0. The first-order valence-corrected chi connectivity index (χ1v) is 6.17. The molecular formula is C13H24N2O. The molecule has 0 bridgehead atoms. The number of hydrogen-bond donors (Lipinski definition) is 2. The Morgan fingerprint density at radius 1 is 1.31 bits per heavy atom. The highest BCUT2D eigenvalue weighted by Gasteiger charge is 2.09. The molecule has 0 radical (unpaired) electrons. The average molecular weight is 224 g/mol. The lowest BCUT2D eigenvalue weighted by Crippen LogP contribution is -2.42. The molecule has 1 atom stereocenters. The fourth-order valence-corrected chi connectivity index (χ4v) is 1.30. The summed E-state index contributed by atoms with van der Waals surface area (Å²) in [6.45, 7) is 5.63. The number of unbranched alkanes of at least 4 members (excludes halogenated alkanes) is 3. The second kappa shape index (κ2) is 10.5. The Labute approximate surface area is 99.4 Å². The molecule has 92 valence electrons. The Morgan fingerprint density at radius 2 is 2.06 bits per heavy atom. The van der Waals surface area contributed by atoms with Crippen molar-refractivity contribution in [1.82, 2.24) is 10.6 Å². The van der Waals surface area contributed by atoms with Crippen LogP contribution < -0.4 is 10.6 Å². The van der Waals surface area contributed by atoms with Crippen LogP contribution in [0.1, 0.15) is 46.0 Å². The summed E-state index contributed by atoms with van der Waals surface area (Å²) in [5.74, 6) is 2.69. The van der Waals surface area contributed by atoms with Gasteiger partial charge in [0.1, 0.15) is 0 Å². The molecule has 0 fully saturated rings. The summed E-state index contributed by atoms with van der Waals surface area (Å²) in [5.41, 5.74) is 0. The van der Waals surface area contributed by atoms with Crippen molar-refractivity contribution < 1.29 is 4.79 Å². The van der Waals surface area contributed by atoms with Crippen LogP contribution in [-0.2, 0) is 4.79 Å². The maximum atomic E-state index is 11.5. The summed E-state index contributed by atoms with van der Waals surface area (Å²) < 4.78 is 0. The topological polar surface area (TPSA) is 41.1 Å². The summed E-state index contributed by atoms with van der Waals surface area (Å²) in [4.78, 5) is 11.5. The van der Waals surface area contributed by atoms with E-state index >= 15 is 0 Å². The van der Waals surface area contributed by atoms with Crippen LogP contribution in [0.15, 0.2) is 0 Å². The van der Waals surface area contributed by atoms with Gasteiger partial charge in [0.15, 0.2) is 0 Å². The van der Waals surface area contributed by atoms with Gasteiger partial charge in [-0.2, -0.15) is 0 Å². The molecule has 2 N–H and O–H groups in total. The van der Waals surface area contributed by atoms with Gasteiger partial charge in [0.2, 0.25) is 5.91 Å². The van der Waals surface area contributed by atoms with Gasteiger partial charge in [-0.25, -0.2) is 0 Å². The minimum absolute atomic E-state index is 0.0883. The van der Waals surface area contributed by atoms with Crippen LogP contribution in [0.4, 0.5) is 0 Å². The highest BCUT2D eigenvalue weighted by atomic mass is 16.2. The Kier molecular flexibility index (Phi) is 9.84. The maximum absolute atomic E-state index is 11.5. The highest BCUT2D eigenvalue weighted by molar-refractivity contribution is 5.81. The van der Waals surface area contributed by atoms with Crippen LogP contribution in [0.5, 0.6) is 0 Å². The minimum Gasteiger partial charge on any atom is -0.355 e. The van der Waals surface area contributed by atoms with Crippen molar-refractivity contribution in [2.24, 2.45) is 0 Å². The molecule has 0 spiro atoms. The molecule has 0 aromatic carbocycles. The van der Waals surface area contributed by atoms with Crippen LogP contribution in [-0.4, -0.2) is 25.0 Å². The average Bonchev–Trinajstić information content (AvgIpc) is 2.28. The lowest BCUT2D eigenvalue weighted by Gasteiger charge is -2.13. The van der Waals surface area contributed by atoms with Crippen LogP contribution >= 0.6 is 0 Å². The van der Waals surface area contributed by atoms with Crippen LogP contribution in [0, 0.1) is 12.3 Å². The number of rotatable bonds is 9. The number of hydrogen-bond acceptors (Lipinski definition) is 2. The Bertz CT molecular complexity index is 220. The predicted molar refractivity (Wildman–Crippen MR) is 68.1 cm³/mol. The third kappa shape index (κ3) is 8.31. The number of terminal acetylenes is 1. The number of amides is 1. The van der Waals surface area contributed by atoms with E-state index in [0.717, 1.165) is 45.2 Å². The molecule has 0 aromatic heterocycles. The molecule has 0 saturated heterocycles. The zero-order chi connectivity index (χ0) is 12.2. The quantitative estimate of drug-likeness (QED) is 0.462. The van der Waals surface area contributed by atoms with Crippen molar-refractivity contribution in [3.05, 3.63) is 0 Å². The zero-order valence-corrected chi connectivity index (χ0v) is 10.5. The van der Waals surface area contributed by atoms with Crippen LogP contribution in [0.3, 0.4) is 0 Å². The van der Waals surface area contributed by atoms with Crippen molar-refractivity contribution in [2.45, 2.75) is 52.0 Å². The van der Waals surface area contributed by atoms with Gasteiger partial charge in [-0.05, 0) is 32.7 Å². The zero-order valence-electron chi connectivity index (χ0n) is 10.5. The Morgan fingerprint density at radius 3 is 2.69 bits per heavy atom. The Balaban J connectivity index is 3.44. The first-order valence-electron chi connectivity index (χ1n) is 6.17. The standard InChI is InChI=1S/C13H24N2O/c1-4-6-8-9-11-14-12(3)13(16)15-10-7-5-2/h1,12,14H,5-11H2,2-3H3,(H,15,16). The van der Waals surface area contributed by atoms with E-state index in [1.807, 2.05) is 6.92 Å². The molecule has 0 heterocycles. The van der Waals surface area contributed by atoms with Gasteiger partial charge in [0.05, 0.1) is 6.04 Å². The van der Waals surface area contributed by atoms with Gasteiger partial charge >= 0.3 is 0 Å². The van der Waals surface area contributed by atoms with Crippen molar-refractivity contribution >= 4 is 5.91 Å². The molecular weight excluding hydrogens is 200 g/mol. The van der Waals surface area contributed by atoms with Crippen LogP contribution in [0.2, 0.25) is 0 Å². The molecule has 1 amide bonds. The number of nitrogens with one attached hydrogen (secondary N) is 2. The third-order valence-electron chi connectivity index (χ3n) is 2.42. The van der Waals surface area contributed by atoms with E-state index in [0.29, 0.717) is 0 Å². The SMILES string of the molecule is C#CCCCCNC(C)C(=O)NCCCC. The first-order chi connectivity index (χ1) is 7.72. The van der Waals surface area contributed by atoms with E-state index in [-0.39, 0.29) is 11.9 Å². The molecule has 1 unspecified atom stereocenters. The van der Waals surface area contributed by atoms with E-state index in [4.69, 9.17) is 6.42 Å². The van der Waals surface area contributed by atoms with Gasteiger partial charge < -0.3 is 10.6 Å². The smallest absolute Gasteiger partial charge is 0.236 e. The van der Waals surface area contributed by atoms with E-state index in [2.05, 4.69) is 23.5 Å². The van der Waals surface area contributed by atoms with E-state index in [9.17, 15) is 4.79 Å². The van der Waals surface area contributed by atoms with Gasteiger partial charge in [-0.15, -0.1) is 12.3 Å². The fourth-order valence-electron chi connectivity index (χ4n) is 1.30. The largest absolute Gasteiger partial charge is 0.355 e. The van der Waals surface area contributed by atoms with Crippen molar-refractivity contribution in [3.8, 4) is 12.3 Å². The fraction of sp³-hybridized carbons (Fsp3) is 0.769. The predicted octanol–water partition coefficient (Wildman–Crippen LogP) is 1.68. The molecule has 0 saturated carbocycles. The molecule has 3 nitrogen and oxygen atoms in total. The van der Waals surface area contributed by atoms with Crippen molar-refractivity contribution in [1.29, 1.82) is 0 Å². The monoisotopic (exact) mass is 224 g/mol. The maximum Gasteiger partial charge on any atom is 0.236 e. The lowest BCUT2D eigenvalue weighted by atomic mass is 10.2. The van der Waals surface area contributed by atoms with Crippen LogP contribution in [0.25, 0.3) is 0 Å². The first kappa shape index (κ1) is 15.0. The molecule has 0 aliphatic heterocycles. The van der Waals surface area contributed by atoms with Gasteiger partial charge in [0.25, 0.3) is 0 Å². The van der Waals surface area contributed by atoms with E-state index in [1.54, 1.807) is 0 Å².